The Morgan fingerprint density at radius 2 is 2.20 bits per heavy atom. The van der Waals surface area contributed by atoms with Crippen LogP contribution in [0.1, 0.15) is 12.8 Å². The Morgan fingerprint density at radius 1 is 1.70 bits per heavy atom. The van der Waals surface area contributed by atoms with Gasteiger partial charge in [-0.2, -0.15) is 0 Å². The van der Waals surface area contributed by atoms with Gasteiger partial charge in [-0.3, -0.25) is 4.79 Å². The minimum atomic E-state index is -0.845. The predicted molar refractivity (Wildman–Crippen MR) is 43.0 cm³/mol. The second-order valence-corrected chi connectivity index (χ2v) is 3.33. The van der Waals surface area contributed by atoms with E-state index in [4.69, 9.17) is 5.11 Å². The van der Waals surface area contributed by atoms with Gasteiger partial charge < -0.3 is 9.66 Å². The summed E-state index contributed by atoms with van der Waals surface area (Å²) in [6.45, 7) is 0. The van der Waals surface area contributed by atoms with Gasteiger partial charge >= 0.3 is 24.8 Å². The Morgan fingerprint density at radius 3 is 2.50 bits per heavy atom. The fraction of sp³-hybridized carbons (Fsp3) is 0.800. The average Bonchev–Trinajstić information content (AvgIpc) is 1.63. The second-order valence-electron chi connectivity index (χ2n) is 1.77. The van der Waals surface area contributed by atoms with Crippen LogP contribution in [0.25, 0.3) is 0 Å². The first-order valence-corrected chi connectivity index (χ1v) is 4.37. The van der Waals surface area contributed by atoms with Crippen molar-refractivity contribution in [2.24, 2.45) is 0 Å². The molecule has 0 spiro atoms. The molecular weight excluding hydrogens is 147 g/mol. The van der Waals surface area contributed by atoms with E-state index in [0.29, 0.717) is 12.2 Å². The predicted octanol–water partition coefficient (Wildman–Crippen LogP) is -0.419. The van der Waals surface area contributed by atoms with Crippen LogP contribution in [0.3, 0.4) is 0 Å². The molecule has 10 heavy (non-hydrogen) atoms. The second kappa shape index (κ2) is 7.48. The number of carbonyl (C=O) groups is 1. The van der Waals surface area contributed by atoms with E-state index in [1.54, 1.807) is 6.26 Å². The normalized spacial score (nSPS) is 11.8. The molecule has 0 radical (unpaired) electrons. The number of hydrogen-bond acceptors (Lipinski definition) is 2. The van der Waals surface area contributed by atoms with Crippen molar-refractivity contribution in [2.75, 3.05) is 12.0 Å². The van der Waals surface area contributed by atoms with Crippen molar-refractivity contribution in [3.8, 4) is 0 Å². The zero-order valence-corrected chi connectivity index (χ0v) is 6.11. The van der Waals surface area contributed by atoms with Crippen LogP contribution in [0.4, 0.5) is 0 Å². The first-order valence-electron chi connectivity index (χ1n) is 2.64. The van der Waals surface area contributed by atoms with Crippen molar-refractivity contribution in [1.82, 2.24) is 0 Å². The van der Waals surface area contributed by atoms with E-state index in [0.717, 1.165) is 0 Å². The molecule has 0 aromatic rings. The molecule has 5 heteroatoms. The summed E-state index contributed by atoms with van der Waals surface area (Å²) in [5.41, 5.74) is 0. The molecule has 0 saturated carbocycles. The Kier molecular flexibility index (Phi) is 9.73. The van der Waals surface area contributed by atoms with E-state index in [9.17, 15) is 9.35 Å². The molecule has 1 N–H and O–H groups in total. The fourth-order valence-electron chi connectivity index (χ4n) is 0.427. The van der Waals surface area contributed by atoms with E-state index >= 15 is 0 Å². The maximum absolute atomic E-state index is 10.3. The Bertz CT molecular complexity index is 96.9. The molecule has 56 valence electrons. The van der Waals surface area contributed by atoms with E-state index in [2.05, 4.69) is 0 Å². The SMILES string of the molecule is C[S+]([O-])CCCC(=O)O.[LiH]. The van der Waals surface area contributed by atoms with Crippen LogP contribution in [-0.4, -0.2) is 46.5 Å². The third-order valence-corrected chi connectivity index (χ3v) is 1.69. The van der Waals surface area contributed by atoms with Gasteiger partial charge in [0.25, 0.3) is 0 Å². The first kappa shape index (κ1) is 13.0. The summed E-state index contributed by atoms with van der Waals surface area (Å²) in [4.78, 5) is 9.88. The monoisotopic (exact) mass is 158 g/mol. The molecule has 0 aliphatic rings. The molecule has 0 aliphatic carbocycles. The Balaban J connectivity index is 0. The van der Waals surface area contributed by atoms with Crippen molar-refractivity contribution < 1.29 is 14.5 Å². The summed E-state index contributed by atoms with van der Waals surface area (Å²) < 4.78 is 10.3. The van der Waals surface area contributed by atoms with Crippen molar-refractivity contribution in [1.29, 1.82) is 0 Å². The maximum atomic E-state index is 10.3. The summed E-state index contributed by atoms with van der Waals surface area (Å²) in [7, 11) is 0. The number of carboxylic acids is 1. The molecule has 0 rings (SSSR count). The third-order valence-electron chi connectivity index (χ3n) is 0.822. The number of aliphatic carboxylic acids is 1. The van der Waals surface area contributed by atoms with Crippen LogP contribution in [0.2, 0.25) is 0 Å². The van der Waals surface area contributed by atoms with Gasteiger partial charge in [-0.15, -0.1) is 0 Å². The number of carboxylic acid groups (broad SMARTS) is 1. The van der Waals surface area contributed by atoms with Gasteiger partial charge in [0.05, 0.1) is 6.26 Å². The standard InChI is InChI=1S/C5H10O3S.Li.H/c1-9(8)4-2-3-5(6)7;;/h2-4H2,1H3,(H,6,7);;. The molecule has 1 atom stereocenters. The topological polar surface area (TPSA) is 60.4 Å². The summed E-state index contributed by atoms with van der Waals surface area (Å²) in [6, 6.07) is 0. The van der Waals surface area contributed by atoms with Crippen molar-refractivity contribution in [3.63, 3.8) is 0 Å². The van der Waals surface area contributed by atoms with Gasteiger partial charge in [-0.05, 0) is 0 Å². The van der Waals surface area contributed by atoms with E-state index in [1.165, 1.54) is 0 Å². The molecule has 0 aliphatic heterocycles. The van der Waals surface area contributed by atoms with E-state index in [-0.39, 0.29) is 25.3 Å². The molecule has 0 amide bonds. The Hall–Kier alpha value is 0.377. The van der Waals surface area contributed by atoms with Crippen LogP contribution in [0.5, 0.6) is 0 Å². The van der Waals surface area contributed by atoms with Crippen LogP contribution in [0.15, 0.2) is 0 Å². The van der Waals surface area contributed by atoms with Gasteiger partial charge in [0.1, 0.15) is 5.75 Å². The van der Waals surface area contributed by atoms with E-state index in [1.807, 2.05) is 0 Å². The van der Waals surface area contributed by atoms with Crippen molar-refractivity contribution in [2.45, 2.75) is 12.8 Å². The van der Waals surface area contributed by atoms with Gasteiger partial charge in [0, 0.05) is 12.8 Å². The van der Waals surface area contributed by atoms with Crippen molar-refractivity contribution >= 4 is 36.0 Å². The quantitative estimate of drug-likeness (QED) is 0.446. The average molecular weight is 158 g/mol. The molecule has 0 aromatic heterocycles. The summed E-state index contributed by atoms with van der Waals surface area (Å²) in [6.07, 6.45) is 2.21. The zero-order valence-electron chi connectivity index (χ0n) is 5.29. The van der Waals surface area contributed by atoms with Gasteiger partial charge in [0.2, 0.25) is 0 Å². The fourth-order valence-corrected chi connectivity index (χ4v) is 0.978. The third kappa shape index (κ3) is 11.2. The van der Waals surface area contributed by atoms with Gasteiger partial charge in [-0.1, -0.05) is 11.2 Å². The summed E-state index contributed by atoms with van der Waals surface area (Å²) in [5.74, 6) is -0.327. The van der Waals surface area contributed by atoms with Gasteiger partial charge in [-0.25, -0.2) is 0 Å². The molecule has 0 aromatic carbocycles. The van der Waals surface area contributed by atoms with E-state index < -0.39 is 17.1 Å². The van der Waals surface area contributed by atoms with Crippen LogP contribution < -0.4 is 0 Å². The number of hydrogen-bond donors (Lipinski definition) is 1. The molecule has 0 bridgehead atoms. The van der Waals surface area contributed by atoms with Crippen molar-refractivity contribution in [3.05, 3.63) is 0 Å². The molecule has 0 fully saturated rings. The summed E-state index contributed by atoms with van der Waals surface area (Å²) >= 11 is -0.845. The molecule has 3 nitrogen and oxygen atoms in total. The minimum absolute atomic E-state index is 0. The first-order chi connectivity index (χ1) is 4.13. The zero-order chi connectivity index (χ0) is 7.28. The molecule has 0 saturated heterocycles. The molecule has 1 unspecified atom stereocenters. The number of rotatable bonds is 4. The van der Waals surface area contributed by atoms with Crippen LogP contribution >= 0.6 is 0 Å². The molecule has 0 heterocycles. The molecular formula is C5H11LiO3S. The van der Waals surface area contributed by atoms with Crippen LogP contribution in [0, 0.1) is 0 Å². The Labute approximate surface area is 75.5 Å². The van der Waals surface area contributed by atoms with Crippen LogP contribution in [-0.2, 0) is 16.0 Å². The van der Waals surface area contributed by atoms with Gasteiger partial charge in [0.15, 0.2) is 0 Å². The summed E-state index contributed by atoms with van der Waals surface area (Å²) in [5, 5.41) is 8.13.